The van der Waals surface area contributed by atoms with Crippen molar-refractivity contribution in [2.45, 2.75) is 31.6 Å². The number of hydrogen-bond donors (Lipinski definition) is 0. The van der Waals surface area contributed by atoms with Crippen molar-refractivity contribution in [2.75, 3.05) is 0 Å². The van der Waals surface area contributed by atoms with Crippen LogP contribution < -0.4 is 0 Å². The standard InChI is InChI=1S/C21H17FN2O/c22-19-7-3-4-16(14-19)9-8-15-10-12-18(13-11-15)21-23-20(24-25-21)17-5-1-2-6-17/h3-4,7,10-14,17H,1-2,5-6H2. The van der Waals surface area contributed by atoms with Gasteiger partial charge in [0.05, 0.1) is 0 Å². The summed E-state index contributed by atoms with van der Waals surface area (Å²) >= 11 is 0. The van der Waals surface area contributed by atoms with Gasteiger partial charge in [-0.2, -0.15) is 4.98 Å². The molecule has 0 N–H and O–H groups in total. The van der Waals surface area contributed by atoms with E-state index in [4.69, 9.17) is 4.52 Å². The van der Waals surface area contributed by atoms with Crippen LogP contribution in [0.1, 0.15) is 48.6 Å². The number of aromatic nitrogens is 2. The molecule has 3 aromatic rings. The van der Waals surface area contributed by atoms with E-state index in [9.17, 15) is 4.39 Å². The van der Waals surface area contributed by atoms with Crippen molar-refractivity contribution in [3.8, 4) is 23.3 Å². The molecule has 124 valence electrons. The van der Waals surface area contributed by atoms with E-state index in [0.29, 0.717) is 17.4 Å². The lowest BCUT2D eigenvalue weighted by atomic mass is 10.1. The molecular weight excluding hydrogens is 315 g/mol. The molecule has 0 atom stereocenters. The van der Waals surface area contributed by atoms with Crippen molar-refractivity contribution >= 4 is 0 Å². The molecule has 0 amide bonds. The Labute approximate surface area is 145 Å². The van der Waals surface area contributed by atoms with Gasteiger partial charge < -0.3 is 4.52 Å². The molecule has 0 aliphatic heterocycles. The highest BCUT2D eigenvalue weighted by Gasteiger charge is 2.22. The normalized spacial score (nSPS) is 14.3. The number of hydrogen-bond acceptors (Lipinski definition) is 3. The summed E-state index contributed by atoms with van der Waals surface area (Å²) in [5.41, 5.74) is 2.39. The molecular formula is C21H17FN2O. The predicted molar refractivity (Wildman–Crippen MR) is 93.3 cm³/mol. The summed E-state index contributed by atoms with van der Waals surface area (Å²) in [6, 6.07) is 13.9. The zero-order valence-corrected chi connectivity index (χ0v) is 13.7. The lowest BCUT2D eigenvalue weighted by molar-refractivity contribution is 0.416. The monoisotopic (exact) mass is 332 g/mol. The maximum Gasteiger partial charge on any atom is 0.257 e. The van der Waals surface area contributed by atoms with Crippen LogP contribution in [0.4, 0.5) is 4.39 Å². The Balaban J connectivity index is 1.50. The highest BCUT2D eigenvalue weighted by atomic mass is 19.1. The molecule has 0 radical (unpaired) electrons. The minimum absolute atomic E-state index is 0.281. The van der Waals surface area contributed by atoms with E-state index < -0.39 is 0 Å². The zero-order chi connectivity index (χ0) is 17.1. The molecule has 4 rings (SSSR count). The molecule has 1 fully saturated rings. The summed E-state index contributed by atoms with van der Waals surface area (Å²) in [6.07, 6.45) is 4.78. The summed E-state index contributed by atoms with van der Waals surface area (Å²) < 4.78 is 18.6. The van der Waals surface area contributed by atoms with E-state index >= 15 is 0 Å². The van der Waals surface area contributed by atoms with Gasteiger partial charge in [-0.05, 0) is 55.3 Å². The molecule has 2 aromatic carbocycles. The summed E-state index contributed by atoms with van der Waals surface area (Å²) in [6.45, 7) is 0. The second kappa shape index (κ2) is 6.90. The smallest absolute Gasteiger partial charge is 0.257 e. The van der Waals surface area contributed by atoms with Gasteiger partial charge in [0.25, 0.3) is 5.89 Å². The minimum Gasteiger partial charge on any atom is -0.334 e. The van der Waals surface area contributed by atoms with Crippen molar-refractivity contribution in [3.05, 3.63) is 71.3 Å². The van der Waals surface area contributed by atoms with Gasteiger partial charge in [-0.25, -0.2) is 4.39 Å². The van der Waals surface area contributed by atoms with Crippen LogP contribution in [-0.4, -0.2) is 10.1 Å². The third-order valence-electron chi connectivity index (χ3n) is 4.47. The average molecular weight is 332 g/mol. The highest BCUT2D eigenvalue weighted by Crippen LogP contribution is 2.33. The lowest BCUT2D eigenvalue weighted by Crippen LogP contribution is -1.94. The van der Waals surface area contributed by atoms with Crippen LogP contribution in [0.2, 0.25) is 0 Å². The SMILES string of the molecule is Fc1cccc(C#Cc2ccc(-c3nc(C4CCCC4)no3)cc2)c1. The molecule has 1 aliphatic carbocycles. The topological polar surface area (TPSA) is 38.9 Å². The Bertz CT molecular complexity index is 928. The maximum absolute atomic E-state index is 13.2. The van der Waals surface area contributed by atoms with Crippen LogP contribution in [-0.2, 0) is 0 Å². The molecule has 0 bridgehead atoms. The Hall–Kier alpha value is -2.93. The Kier molecular flexibility index (Phi) is 4.30. The molecule has 1 heterocycles. The van der Waals surface area contributed by atoms with Crippen LogP contribution in [0.5, 0.6) is 0 Å². The first-order valence-electron chi connectivity index (χ1n) is 8.49. The van der Waals surface area contributed by atoms with E-state index in [2.05, 4.69) is 22.0 Å². The molecule has 1 aliphatic rings. The van der Waals surface area contributed by atoms with Crippen LogP contribution >= 0.6 is 0 Å². The van der Waals surface area contributed by atoms with E-state index in [-0.39, 0.29) is 5.82 Å². The quantitative estimate of drug-likeness (QED) is 0.624. The number of halogens is 1. The van der Waals surface area contributed by atoms with E-state index in [0.717, 1.165) is 29.8 Å². The molecule has 25 heavy (non-hydrogen) atoms. The summed E-state index contributed by atoms with van der Waals surface area (Å²) in [4.78, 5) is 4.54. The van der Waals surface area contributed by atoms with Crippen molar-refractivity contribution < 1.29 is 8.91 Å². The van der Waals surface area contributed by atoms with Crippen molar-refractivity contribution in [1.82, 2.24) is 10.1 Å². The minimum atomic E-state index is -0.281. The molecule has 1 saturated carbocycles. The first-order valence-corrected chi connectivity index (χ1v) is 8.49. The van der Waals surface area contributed by atoms with Crippen LogP contribution in [0.3, 0.4) is 0 Å². The van der Waals surface area contributed by atoms with Crippen molar-refractivity contribution in [1.29, 1.82) is 0 Å². The van der Waals surface area contributed by atoms with Gasteiger partial charge in [-0.1, -0.05) is 35.9 Å². The zero-order valence-electron chi connectivity index (χ0n) is 13.7. The summed E-state index contributed by atoms with van der Waals surface area (Å²) in [7, 11) is 0. The third-order valence-corrected chi connectivity index (χ3v) is 4.47. The van der Waals surface area contributed by atoms with Crippen LogP contribution in [0, 0.1) is 17.7 Å². The van der Waals surface area contributed by atoms with Gasteiger partial charge in [0.15, 0.2) is 5.82 Å². The Morgan fingerprint density at radius 2 is 1.72 bits per heavy atom. The van der Waals surface area contributed by atoms with E-state index in [1.807, 2.05) is 24.3 Å². The number of benzene rings is 2. The second-order valence-electron chi connectivity index (χ2n) is 6.28. The van der Waals surface area contributed by atoms with E-state index in [1.165, 1.54) is 25.0 Å². The summed E-state index contributed by atoms with van der Waals surface area (Å²) in [5.74, 6) is 7.52. The van der Waals surface area contributed by atoms with Gasteiger partial charge in [0, 0.05) is 22.6 Å². The van der Waals surface area contributed by atoms with Crippen molar-refractivity contribution in [2.24, 2.45) is 0 Å². The first-order chi connectivity index (χ1) is 12.3. The molecule has 0 saturated heterocycles. The molecule has 4 heteroatoms. The van der Waals surface area contributed by atoms with Crippen LogP contribution in [0.15, 0.2) is 53.1 Å². The Morgan fingerprint density at radius 1 is 0.960 bits per heavy atom. The molecule has 3 nitrogen and oxygen atoms in total. The Morgan fingerprint density at radius 3 is 2.48 bits per heavy atom. The first kappa shape index (κ1) is 15.6. The van der Waals surface area contributed by atoms with Gasteiger partial charge >= 0.3 is 0 Å². The lowest BCUT2D eigenvalue weighted by Gasteiger charge is -1.99. The van der Waals surface area contributed by atoms with Gasteiger partial charge in [-0.15, -0.1) is 0 Å². The third kappa shape index (κ3) is 3.61. The van der Waals surface area contributed by atoms with Gasteiger partial charge in [0.2, 0.25) is 0 Å². The molecule has 0 spiro atoms. The highest BCUT2D eigenvalue weighted by molar-refractivity contribution is 5.55. The fraction of sp³-hybridized carbons (Fsp3) is 0.238. The maximum atomic E-state index is 13.2. The van der Waals surface area contributed by atoms with Gasteiger partial charge in [-0.3, -0.25) is 0 Å². The number of rotatable bonds is 2. The summed E-state index contributed by atoms with van der Waals surface area (Å²) in [5, 5.41) is 4.13. The molecule has 0 unspecified atom stereocenters. The van der Waals surface area contributed by atoms with Crippen molar-refractivity contribution in [3.63, 3.8) is 0 Å². The van der Waals surface area contributed by atoms with E-state index in [1.54, 1.807) is 12.1 Å². The largest absolute Gasteiger partial charge is 0.334 e. The number of nitrogens with zero attached hydrogens (tertiary/aromatic N) is 2. The average Bonchev–Trinajstić information content (AvgIpc) is 3.32. The van der Waals surface area contributed by atoms with Gasteiger partial charge in [0.1, 0.15) is 5.82 Å². The molecule has 1 aromatic heterocycles. The second-order valence-corrected chi connectivity index (χ2v) is 6.28. The fourth-order valence-electron chi connectivity index (χ4n) is 3.11. The van der Waals surface area contributed by atoms with Crippen LogP contribution in [0.25, 0.3) is 11.5 Å². The predicted octanol–water partition coefficient (Wildman–Crippen LogP) is 4.93. The fourth-order valence-corrected chi connectivity index (χ4v) is 3.11.